The normalized spacial score (nSPS) is 11.3. The van der Waals surface area contributed by atoms with Crippen molar-refractivity contribution in [1.29, 1.82) is 0 Å². The van der Waals surface area contributed by atoms with Crippen molar-refractivity contribution in [3.8, 4) is 0 Å². The first kappa shape index (κ1) is 21.6. The van der Waals surface area contributed by atoms with Gasteiger partial charge in [-0.1, -0.05) is 13.3 Å². The number of rotatable bonds is 8. The number of carbonyl (C=O) groups is 2. The first-order valence-corrected chi connectivity index (χ1v) is 10.3. The first-order valence-electron chi connectivity index (χ1n) is 8.85. The summed E-state index contributed by atoms with van der Waals surface area (Å²) in [5.41, 5.74) is 1.21. The number of anilines is 1. The van der Waals surface area contributed by atoms with Crippen molar-refractivity contribution in [2.75, 3.05) is 26.0 Å². The molecule has 28 heavy (non-hydrogen) atoms. The fraction of sp³-hybridized carbons (Fsp3) is 0.300. The largest absolute Gasteiger partial charge is 0.465 e. The highest BCUT2D eigenvalue weighted by Gasteiger charge is 2.20. The van der Waals surface area contributed by atoms with Crippen LogP contribution in [0.3, 0.4) is 0 Å². The molecule has 0 aromatic heterocycles. The maximum atomic E-state index is 12.5. The molecule has 0 fully saturated rings. The lowest BCUT2D eigenvalue weighted by molar-refractivity contribution is 0.0600. The third kappa shape index (κ3) is 5.17. The summed E-state index contributed by atoms with van der Waals surface area (Å²) in [7, 11) is -0.730. The molecule has 0 saturated carbocycles. The Bertz CT molecular complexity index is 922. The number of hydrogen-bond donors (Lipinski definition) is 1. The van der Waals surface area contributed by atoms with Gasteiger partial charge in [0.2, 0.25) is 10.0 Å². The molecule has 0 aliphatic heterocycles. The Balaban J connectivity index is 2.08. The molecule has 150 valence electrons. The molecule has 8 heteroatoms. The topological polar surface area (TPSA) is 92.8 Å². The van der Waals surface area contributed by atoms with Gasteiger partial charge < -0.3 is 10.1 Å². The van der Waals surface area contributed by atoms with E-state index < -0.39 is 16.0 Å². The quantitative estimate of drug-likeness (QED) is 0.682. The summed E-state index contributed by atoms with van der Waals surface area (Å²) in [5.74, 6) is -0.840. The Labute approximate surface area is 165 Å². The fourth-order valence-electron chi connectivity index (χ4n) is 2.47. The summed E-state index contributed by atoms with van der Waals surface area (Å²) in [6, 6.07) is 12.1. The molecule has 0 radical (unpaired) electrons. The number of nitrogens with one attached hydrogen (secondary N) is 1. The van der Waals surface area contributed by atoms with Crippen molar-refractivity contribution >= 4 is 27.6 Å². The van der Waals surface area contributed by atoms with Crippen LogP contribution in [0.5, 0.6) is 0 Å². The zero-order chi connectivity index (χ0) is 20.7. The van der Waals surface area contributed by atoms with Crippen LogP contribution >= 0.6 is 0 Å². The second-order valence-corrected chi connectivity index (χ2v) is 8.27. The summed E-state index contributed by atoms with van der Waals surface area (Å²) >= 11 is 0. The van der Waals surface area contributed by atoms with Gasteiger partial charge in [0, 0.05) is 24.8 Å². The number of ether oxygens (including phenoxy) is 1. The molecule has 7 nitrogen and oxygen atoms in total. The van der Waals surface area contributed by atoms with Crippen LogP contribution in [-0.4, -0.2) is 45.3 Å². The minimum Gasteiger partial charge on any atom is -0.465 e. The van der Waals surface area contributed by atoms with Gasteiger partial charge in [0.1, 0.15) is 0 Å². The van der Waals surface area contributed by atoms with Crippen molar-refractivity contribution in [2.24, 2.45) is 0 Å². The standard InChI is InChI=1S/C20H24N2O5S/c1-4-5-14-22(2)28(25,26)18-12-8-15(9-13-18)19(23)21-17-10-6-16(7-11-17)20(24)27-3/h6-13H,4-5,14H2,1-3H3,(H,21,23). The van der Waals surface area contributed by atoms with Crippen LogP contribution in [0.1, 0.15) is 40.5 Å². The average Bonchev–Trinajstić information content (AvgIpc) is 2.71. The number of unbranched alkanes of at least 4 members (excludes halogenated alkanes) is 1. The molecule has 0 aliphatic rings. The van der Waals surface area contributed by atoms with Gasteiger partial charge in [-0.25, -0.2) is 17.5 Å². The summed E-state index contributed by atoms with van der Waals surface area (Å²) < 4.78 is 31.0. The summed E-state index contributed by atoms with van der Waals surface area (Å²) in [4.78, 5) is 23.9. The lowest BCUT2D eigenvalue weighted by atomic mass is 10.2. The Morgan fingerprint density at radius 3 is 2.11 bits per heavy atom. The number of hydrogen-bond acceptors (Lipinski definition) is 5. The van der Waals surface area contributed by atoms with Crippen LogP contribution in [0, 0.1) is 0 Å². The first-order chi connectivity index (χ1) is 13.3. The minimum absolute atomic E-state index is 0.144. The van der Waals surface area contributed by atoms with E-state index >= 15 is 0 Å². The molecule has 2 aromatic rings. The van der Waals surface area contributed by atoms with E-state index in [0.29, 0.717) is 23.4 Å². The lowest BCUT2D eigenvalue weighted by Gasteiger charge is -2.17. The molecular weight excluding hydrogens is 380 g/mol. The highest BCUT2D eigenvalue weighted by molar-refractivity contribution is 7.89. The van der Waals surface area contributed by atoms with Crippen LogP contribution in [0.2, 0.25) is 0 Å². The van der Waals surface area contributed by atoms with E-state index in [1.165, 1.54) is 35.7 Å². The van der Waals surface area contributed by atoms with Gasteiger partial charge in [-0.3, -0.25) is 4.79 Å². The van der Waals surface area contributed by atoms with Crippen molar-refractivity contribution < 1.29 is 22.7 Å². The number of carbonyl (C=O) groups excluding carboxylic acids is 2. The zero-order valence-electron chi connectivity index (χ0n) is 16.1. The number of benzene rings is 2. The Kier molecular flexibility index (Phi) is 7.31. The van der Waals surface area contributed by atoms with Crippen molar-refractivity contribution in [3.05, 3.63) is 59.7 Å². The molecule has 0 aliphatic carbocycles. The van der Waals surface area contributed by atoms with Crippen molar-refractivity contribution in [1.82, 2.24) is 4.31 Å². The monoisotopic (exact) mass is 404 g/mol. The minimum atomic E-state index is -3.57. The van der Waals surface area contributed by atoms with Gasteiger partial charge in [-0.2, -0.15) is 0 Å². The molecule has 2 rings (SSSR count). The molecule has 2 aromatic carbocycles. The molecule has 0 saturated heterocycles. The smallest absolute Gasteiger partial charge is 0.337 e. The number of nitrogens with zero attached hydrogens (tertiary/aromatic N) is 1. The number of methoxy groups -OCH3 is 1. The molecule has 0 heterocycles. The van der Waals surface area contributed by atoms with E-state index in [9.17, 15) is 18.0 Å². The van der Waals surface area contributed by atoms with Crippen LogP contribution < -0.4 is 5.32 Å². The molecular formula is C20H24N2O5S. The fourth-order valence-corrected chi connectivity index (χ4v) is 3.68. The maximum Gasteiger partial charge on any atom is 0.337 e. The Morgan fingerprint density at radius 2 is 1.57 bits per heavy atom. The molecule has 0 unspecified atom stereocenters. The van der Waals surface area contributed by atoms with Gasteiger partial charge in [-0.05, 0) is 55.0 Å². The van der Waals surface area contributed by atoms with Crippen LogP contribution in [0.25, 0.3) is 0 Å². The van der Waals surface area contributed by atoms with Gasteiger partial charge in [0.05, 0.1) is 17.6 Å². The van der Waals surface area contributed by atoms with Crippen LogP contribution in [0.15, 0.2) is 53.4 Å². The summed E-state index contributed by atoms with van der Waals surface area (Å²) in [6.07, 6.45) is 1.69. The van der Waals surface area contributed by atoms with E-state index in [1.54, 1.807) is 31.3 Å². The van der Waals surface area contributed by atoms with E-state index in [1.807, 2.05) is 6.92 Å². The van der Waals surface area contributed by atoms with E-state index in [2.05, 4.69) is 10.1 Å². The predicted octanol–water partition coefficient (Wildman–Crippen LogP) is 3.15. The van der Waals surface area contributed by atoms with E-state index in [4.69, 9.17) is 0 Å². The predicted molar refractivity (Wildman–Crippen MR) is 107 cm³/mol. The summed E-state index contributed by atoms with van der Waals surface area (Å²) in [5, 5.41) is 2.70. The summed E-state index contributed by atoms with van der Waals surface area (Å²) in [6.45, 7) is 2.44. The number of sulfonamides is 1. The van der Waals surface area contributed by atoms with E-state index in [0.717, 1.165) is 12.8 Å². The van der Waals surface area contributed by atoms with E-state index in [-0.39, 0.29) is 10.8 Å². The van der Waals surface area contributed by atoms with Crippen LogP contribution in [-0.2, 0) is 14.8 Å². The maximum absolute atomic E-state index is 12.5. The molecule has 0 spiro atoms. The SMILES string of the molecule is CCCCN(C)S(=O)(=O)c1ccc(C(=O)Nc2ccc(C(=O)OC)cc2)cc1. The second kappa shape index (κ2) is 9.48. The Hall–Kier alpha value is -2.71. The molecule has 1 amide bonds. The van der Waals surface area contributed by atoms with Crippen molar-refractivity contribution in [2.45, 2.75) is 24.7 Å². The van der Waals surface area contributed by atoms with Gasteiger partial charge in [-0.15, -0.1) is 0 Å². The average molecular weight is 404 g/mol. The molecule has 1 N–H and O–H groups in total. The number of esters is 1. The van der Waals surface area contributed by atoms with Gasteiger partial charge >= 0.3 is 5.97 Å². The molecule has 0 bridgehead atoms. The highest BCUT2D eigenvalue weighted by Crippen LogP contribution is 2.17. The third-order valence-corrected chi connectivity index (χ3v) is 6.09. The van der Waals surface area contributed by atoms with Crippen LogP contribution in [0.4, 0.5) is 5.69 Å². The number of amides is 1. The Morgan fingerprint density at radius 1 is 1.00 bits per heavy atom. The lowest BCUT2D eigenvalue weighted by Crippen LogP contribution is -2.28. The molecule has 0 atom stereocenters. The van der Waals surface area contributed by atoms with Crippen molar-refractivity contribution in [3.63, 3.8) is 0 Å². The zero-order valence-corrected chi connectivity index (χ0v) is 17.0. The van der Waals surface area contributed by atoms with Gasteiger partial charge in [0.15, 0.2) is 0 Å². The third-order valence-electron chi connectivity index (χ3n) is 4.22. The van der Waals surface area contributed by atoms with Gasteiger partial charge in [0.25, 0.3) is 5.91 Å². The second-order valence-electron chi connectivity index (χ2n) is 6.23. The highest BCUT2D eigenvalue weighted by atomic mass is 32.2.